The van der Waals surface area contributed by atoms with E-state index in [1.807, 2.05) is 48.7 Å². The molecule has 0 radical (unpaired) electrons. The number of hydrogen-bond donors (Lipinski definition) is 2. The zero-order chi connectivity index (χ0) is 21.6. The lowest BCUT2D eigenvalue weighted by Crippen LogP contribution is -2.11. The van der Waals surface area contributed by atoms with Crippen LogP contribution in [0.3, 0.4) is 0 Å². The number of hydrogen-bond acceptors (Lipinski definition) is 5. The molecule has 2 N–H and O–H groups in total. The number of carboxylic acids is 1. The minimum atomic E-state index is -0.920. The lowest BCUT2D eigenvalue weighted by molar-refractivity contribution is 0.0697. The minimum Gasteiger partial charge on any atom is -0.478 e. The molecule has 0 aliphatic rings. The number of benzene rings is 1. The number of anilines is 1. The second-order valence-corrected chi connectivity index (χ2v) is 7.21. The first-order valence-electron chi connectivity index (χ1n) is 10.2. The van der Waals surface area contributed by atoms with Crippen molar-refractivity contribution in [2.24, 2.45) is 0 Å². The summed E-state index contributed by atoms with van der Waals surface area (Å²) in [5, 5.41) is 17.0. The van der Waals surface area contributed by atoms with Gasteiger partial charge in [-0.05, 0) is 48.4 Å². The maximum atomic E-state index is 11.1. The van der Waals surface area contributed by atoms with Crippen molar-refractivity contribution in [2.75, 3.05) is 5.32 Å². The largest absolute Gasteiger partial charge is 0.478 e. The maximum absolute atomic E-state index is 11.1. The van der Waals surface area contributed by atoms with Gasteiger partial charge in [0.1, 0.15) is 0 Å². The number of aromatic nitrogens is 4. The van der Waals surface area contributed by atoms with E-state index in [0.717, 1.165) is 35.3 Å². The van der Waals surface area contributed by atoms with Crippen LogP contribution in [0.25, 0.3) is 17.1 Å². The molecule has 3 aromatic heterocycles. The SMILES string of the molecule is CCCC(Nc1ccc(-n2cc(-c3ccccn3)cn2)nc1)c1ccc(C(=O)O)cc1. The van der Waals surface area contributed by atoms with E-state index in [2.05, 4.69) is 27.3 Å². The van der Waals surface area contributed by atoms with E-state index in [0.29, 0.717) is 5.82 Å². The molecule has 0 fully saturated rings. The van der Waals surface area contributed by atoms with E-state index < -0.39 is 5.97 Å². The Morgan fingerprint density at radius 2 is 1.90 bits per heavy atom. The Hall–Kier alpha value is -4.00. The van der Waals surface area contributed by atoms with Crippen LogP contribution in [0.1, 0.15) is 41.7 Å². The van der Waals surface area contributed by atoms with E-state index in [1.165, 1.54) is 0 Å². The van der Waals surface area contributed by atoms with Gasteiger partial charge in [-0.1, -0.05) is 31.5 Å². The van der Waals surface area contributed by atoms with Crippen LogP contribution in [0, 0.1) is 0 Å². The molecule has 31 heavy (non-hydrogen) atoms. The van der Waals surface area contributed by atoms with Crippen LogP contribution in [0.15, 0.2) is 79.4 Å². The summed E-state index contributed by atoms with van der Waals surface area (Å²) in [5.74, 6) is -0.207. The molecular weight excluding hydrogens is 390 g/mol. The van der Waals surface area contributed by atoms with Crippen molar-refractivity contribution >= 4 is 11.7 Å². The van der Waals surface area contributed by atoms with Crippen LogP contribution >= 0.6 is 0 Å². The summed E-state index contributed by atoms with van der Waals surface area (Å²) in [4.78, 5) is 20.0. The summed E-state index contributed by atoms with van der Waals surface area (Å²) in [6.07, 6.45) is 9.13. The summed E-state index contributed by atoms with van der Waals surface area (Å²) in [6.45, 7) is 2.12. The van der Waals surface area contributed by atoms with Crippen LogP contribution in [0.2, 0.25) is 0 Å². The third kappa shape index (κ3) is 4.78. The summed E-state index contributed by atoms with van der Waals surface area (Å²) < 4.78 is 1.72. The average molecular weight is 413 g/mol. The molecule has 1 atom stereocenters. The number of pyridine rings is 2. The second kappa shape index (κ2) is 9.21. The van der Waals surface area contributed by atoms with Gasteiger partial charge in [0.25, 0.3) is 0 Å². The third-order valence-corrected chi connectivity index (χ3v) is 5.00. The van der Waals surface area contributed by atoms with E-state index in [1.54, 1.807) is 35.4 Å². The van der Waals surface area contributed by atoms with Crippen LogP contribution in [-0.4, -0.2) is 30.8 Å². The van der Waals surface area contributed by atoms with Crippen molar-refractivity contribution in [2.45, 2.75) is 25.8 Å². The van der Waals surface area contributed by atoms with Gasteiger partial charge in [0.15, 0.2) is 5.82 Å². The number of carbonyl (C=O) groups is 1. The molecule has 0 bridgehead atoms. The minimum absolute atomic E-state index is 0.0703. The Balaban J connectivity index is 1.49. The zero-order valence-corrected chi connectivity index (χ0v) is 17.1. The smallest absolute Gasteiger partial charge is 0.335 e. The van der Waals surface area contributed by atoms with Crippen molar-refractivity contribution in [3.05, 3.63) is 90.5 Å². The second-order valence-electron chi connectivity index (χ2n) is 7.21. The fourth-order valence-corrected chi connectivity index (χ4v) is 3.39. The Bertz CT molecular complexity index is 1140. The summed E-state index contributed by atoms with van der Waals surface area (Å²) in [7, 11) is 0. The molecule has 1 unspecified atom stereocenters. The number of aromatic carboxylic acids is 1. The molecule has 0 aliphatic carbocycles. The number of carboxylic acid groups (broad SMARTS) is 1. The molecular formula is C24H23N5O2. The highest BCUT2D eigenvalue weighted by molar-refractivity contribution is 5.87. The van der Waals surface area contributed by atoms with Crippen molar-refractivity contribution in [3.63, 3.8) is 0 Å². The molecule has 4 aromatic rings. The quantitative estimate of drug-likeness (QED) is 0.423. The third-order valence-electron chi connectivity index (χ3n) is 5.00. The van der Waals surface area contributed by atoms with Crippen molar-refractivity contribution in [1.29, 1.82) is 0 Å². The van der Waals surface area contributed by atoms with Gasteiger partial charge in [0.05, 0.1) is 35.4 Å². The highest BCUT2D eigenvalue weighted by Gasteiger charge is 2.12. The molecule has 0 saturated heterocycles. The Morgan fingerprint density at radius 1 is 1.06 bits per heavy atom. The molecule has 0 amide bonds. The van der Waals surface area contributed by atoms with Crippen LogP contribution in [-0.2, 0) is 0 Å². The van der Waals surface area contributed by atoms with Gasteiger partial charge in [0.2, 0.25) is 0 Å². The molecule has 156 valence electrons. The van der Waals surface area contributed by atoms with Crippen LogP contribution < -0.4 is 5.32 Å². The van der Waals surface area contributed by atoms with E-state index >= 15 is 0 Å². The molecule has 0 saturated carbocycles. The fourth-order valence-electron chi connectivity index (χ4n) is 3.39. The van der Waals surface area contributed by atoms with Gasteiger partial charge in [-0.25, -0.2) is 14.5 Å². The van der Waals surface area contributed by atoms with Gasteiger partial charge in [-0.3, -0.25) is 4.98 Å². The average Bonchev–Trinajstić information content (AvgIpc) is 3.30. The van der Waals surface area contributed by atoms with Crippen LogP contribution in [0.4, 0.5) is 5.69 Å². The number of nitrogens with one attached hydrogen (secondary N) is 1. The van der Waals surface area contributed by atoms with Crippen molar-refractivity contribution in [1.82, 2.24) is 19.7 Å². The number of rotatable bonds is 8. The normalized spacial score (nSPS) is 11.8. The maximum Gasteiger partial charge on any atom is 0.335 e. The Labute approximate surface area is 180 Å². The van der Waals surface area contributed by atoms with Gasteiger partial charge < -0.3 is 10.4 Å². The standard InChI is InChI=1S/C24H23N5O2/c1-2-5-22(17-7-9-18(10-8-17)24(30)31)28-20-11-12-23(26-15-20)29-16-19(14-27-29)21-6-3-4-13-25-21/h3-4,6-16,22,28H,2,5H2,1H3,(H,30,31). The summed E-state index contributed by atoms with van der Waals surface area (Å²) in [5.41, 5.74) is 4.01. The van der Waals surface area contributed by atoms with Gasteiger partial charge in [-0.2, -0.15) is 5.10 Å². The predicted molar refractivity (Wildman–Crippen MR) is 119 cm³/mol. The van der Waals surface area contributed by atoms with Gasteiger partial charge in [0, 0.05) is 18.0 Å². The monoisotopic (exact) mass is 413 g/mol. The summed E-state index contributed by atoms with van der Waals surface area (Å²) >= 11 is 0. The van der Waals surface area contributed by atoms with Crippen LogP contribution in [0.5, 0.6) is 0 Å². The highest BCUT2D eigenvalue weighted by atomic mass is 16.4. The lowest BCUT2D eigenvalue weighted by Gasteiger charge is -2.20. The zero-order valence-electron chi connectivity index (χ0n) is 17.1. The first-order chi connectivity index (χ1) is 15.1. The molecule has 0 aliphatic heterocycles. The van der Waals surface area contributed by atoms with E-state index in [-0.39, 0.29) is 11.6 Å². The Morgan fingerprint density at radius 3 is 2.55 bits per heavy atom. The molecule has 7 nitrogen and oxygen atoms in total. The first-order valence-corrected chi connectivity index (χ1v) is 10.2. The molecule has 0 spiro atoms. The first kappa shape index (κ1) is 20.3. The molecule has 7 heteroatoms. The Kier molecular flexibility index (Phi) is 6.03. The topological polar surface area (TPSA) is 92.9 Å². The predicted octanol–water partition coefficient (Wildman–Crippen LogP) is 4.98. The van der Waals surface area contributed by atoms with Crippen molar-refractivity contribution < 1.29 is 9.90 Å². The molecule has 4 rings (SSSR count). The van der Waals surface area contributed by atoms with Gasteiger partial charge in [-0.15, -0.1) is 0 Å². The van der Waals surface area contributed by atoms with Crippen molar-refractivity contribution in [3.8, 4) is 17.1 Å². The molecule has 3 heterocycles. The van der Waals surface area contributed by atoms with E-state index in [4.69, 9.17) is 5.11 Å². The molecule has 1 aromatic carbocycles. The van der Waals surface area contributed by atoms with Gasteiger partial charge >= 0.3 is 5.97 Å². The lowest BCUT2D eigenvalue weighted by atomic mass is 10.0. The fraction of sp³-hybridized carbons (Fsp3) is 0.167. The summed E-state index contributed by atoms with van der Waals surface area (Å²) in [6, 6.07) is 16.7. The highest BCUT2D eigenvalue weighted by Crippen LogP contribution is 2.25. The number of nitrogens with zero attached hydrogens (tertiary/aromatic N) is 4. The van der Waals surface area contributed by atoms with E-state index in [9.17, 15) is 4.79 Å².